The molecule has 92 valence electrons. The van der Waals surface area contributed by atoms with E-state index in [2.05, 4.69) is 9.97 Å². The Hall–Kier alpha value is -1.82. The first-order valence-electron chi connectivity index (χ1n) is 4.90. The average molecular weight is 273 g/mol. The molecule has 0 bridgehead atoms. The molecule has 0 unspecified atom stereocenters. The van der Waals surface area contributed by atoms with Gasteiger partial charge in [0.25, 0.3) is 6.43 Å². The third-order valence-electron chi connectivity index (χ3n) is 2.46. The van der Waals surface area contributed by atoms with Crippen molar-refractivity contribution in [1.82, 2.24) is 9.97 Å². The van der Waals surface area contributed by atoms with Gasteiger partial charge < -0.3 is 4.42 Å². The molecule has 0 saturated heterocycles. The Kier molecular flexibility index (Phi) is 2.41. The monoisotopic (exact) mass is 272 g/mol. The van der Waals surface area contributed by atoms with Crippen LogP contribution < -0.4 is 0 Å². The second kappa shape index (κ2) is 3.84. The molecule has 0 aliphatic heterocycles. The molecule has 0 spiro atoms. The van der Waals surface area contributed by atoms with Crippen molar-refractivity contribution in [3.8, 4) is 0 Å². The van der Waals surface area contributed by atoms with Crippen molar-refractivity contribution in [2.75, 3.05) is 0 Å². The van der Waals surface area contributed by atoms with Gasteiger partial charge in [0.1, 0.15) is 16.9 Å². The van der Waals surface area contributed by atoms with Crippen molar-refractivity contribution >= 4 is 33.7 Å². The van der Waals surface area contributed by atoms with Gasteiger partial charge in [-0.15, -0.1) is 0 Å². The maximum Gasteiger partial charge on any atom is 0.297 e. The van der Waals surface area contributed by atoms with Crippen LogP contribution in [0.2, 0.25) is 5.15 Å². The van der Waals surface area contributed by atoms with E-state index in [1.807, 2.05) is 0 Å². The molecule has 0 saturated carbocycles. The Balaban J connectivity index is 2.50. The number of nitrogens with zero attached hydrogens (tertiary/aromatic N) is 2. The van der Waals surface area contributed by atoms with Crippen LogP contribution in [0.4, 0.5) is 13.2 Å². The molecular weight excluding hydrogens is 269 g/mol. The first-order valence-corrected chi connectivity index (χ1v) is 5.28. The van der Waals surface area contributed by atoms with Gasteiger partial charge in [-0.2, -0.15) is 0 Å². The van der Waals surface area contributed by atoms with E-state index >= 15 is 0 Å². The van der Waals surface area contributed by atoms with Gasteiger partial charge in [0.2, 0.25) is 0 Å². The summed E-state index contributed by atoms with van der Waals surface area (Å²) in [5, 5.41) is -0.232. The highest BCUT2D eigenvalue weighted by molar-refractivity contribution is 6.34. The van der Waals surface area contributed by atoms with Crippen LogP contribution >= 0.6 is 11.6 Å². The fourth-order valence-electron chi connectivity index (χ4n) is 1.73. The van der Waals surface area contributed by atoms with E-state index < -0.39 is 18.1 Å². The molecule has 1 aromatic carbocycles. The van der Waals surface area contributed by atoms with Crippen LogP contribution in [0.25, 0.3) is 22.1 Å². The van der Waals surface area contributed by atoms with Crippen molar-refractivity contribution < 1.29 is 17.6 Å². The number of rotatable bonds is 1. The molecule has 0 fully saturated rings. The van der Waals surface area contributed by atoms with Crippen molar-refractivity contribution in [3.63, 3.8) is 0 Å². The van der Waals surface area contributed by atoms with Crippen LogP contribution in [0.1, 0.15) is 12.2 Å². The highest BCUT2D eigenvalue weighted by atomic mass is 35.5. The quantitative estimate of drug-likeness (QED) is 0.626. The second-order valence-corrected chi connectivity index (χ2v) is 3.92. The van der Waals surface area contributed by atoms with Gasteiger partial charge in [-0.25, -0.2) is 23.1 Å². The number of halogens is 4. The number of benzene rings is 1. The minimum atomic E-state index is -2.89. The Morgan fingerprint density at radius 1 is 1.22 bits per heavy atom. The van der Waals surface area contributed by atoms with E-state index in [0.717, 1.165) is 0 Å². The van der Waals surface area contributed by atoms with E-state index in [-0.39, 0.29) is 27.2 Å². The van der Waals surface area contributed by atoms with Crippen LogP contribution in [0.5, 0.6) is 0 Å². The van der Waals surface area contributed by atoms with Gasteiger partial charge >= 0.3 is 0 Å². The lowest BCUT2D eigenvalue weighted by Crippen LogP contribution is -1.95. The molecule has 0 N–H and O–H groups in total. The minimum Gasteiger partial charge on any atom is -0.451 e. The molecule has 3 nitrogen and oxygen atoms in total. The van der Waals surface area contributed by atoms with Crippen molar-refractivity contribution in [1.29, 1.82) is 0 Å². The SMILES string of the molecule is Fc1cccc2oc3c(Cl)nc(C(F)F)nc3c12. The second-order valence-electron chi connectivity index (χ2n) is 3.57. The molecule has 3 aromatic rings. The third kappa shape index (κ3) is 1.53. The van der Waals surface area contributed by atoms with E-state index in [4.69, 9.17) is 16.0 Å². The zero-order valence-electron chi connectivity index (χ0n) is 8.62. The first-order chi connectivity index (χ1) is 8.58. The molecule has 2 heterocycles. The molecular formula is C11H4ClF3N2O. The Labute approximate surface area is 103 Å². The summed E-state index contributed by atoms with van der Waals surface area (Å²) in [6.45, 7) is 0. The lowest BCUT2D eigenvalue weighted by molar-refractivity contribution is 0.141. The number of hydrogen-bond acceptors (Lipinski definition) is 3. The highest BCUT2D eigenvalue weighted by Crippen LogP contribution is 2.33. The van der Waals surface area contributed by atoms with Crippen LogP contribution in [-0.4, -0.2) is 9.97 Å². The predicted molar refractivity (Wildman–Crippen MR) is 59.2 cm³/mol. The zero-order valence-corrected chi connectivity index (χ0v) is 9.38. The third-order valence-corrected chi connectivity index (χ3v) is 2.72. The van der Waals surface area contributed by atoms with Crippen molar-refractivity contribution in [3.05, 3.63) is 35.0 Å². The van der Waals surface area contributed by atoms with Crippen LogP contribution in [-0.2, 0) is 0 Å². The Morgan fingerprint density at radius 3 is 2.72 bits per heavy atom. The normalized spacial score (nSPS) is 11.8. The van der Waals surface area contributed by atoms with Crippen LogP contribution in [0.15, 0.2) is 22.6 Å². The maximum atomic E-state index is 13.7. The van der Waals surface area contributed by atoms with E-state index in [9.17, 15) is 13.2 Å². The molecule has 0 radical (unpaired) electrons. The molecule has 0 aliphatic rings. The largest absolute Gasteiger partial charge is 0.451 e. The maximum absolute atomic E-state index is 13.7. The van der Waals surface area contributed by atoms with Crippen molar-refractivity contribution in [2.45, 2.75) is 6.43 Å². The van der Waals surface area contributed by atoms with Gasteiger partial charge in [-0.1, -0.05) is 17.7 Å². The Morgan fingerprint density at radius 2 is 2.00 bits per heavy atom. The number of fused-ring (bicyclic) bond motifs is 3. The molecule has 0 aliphatic carbocycles. The predicted octanol–water partition coefficient (Wildman–Crippen LogP) is 4.11. The minimum absolute atomic E-state index is 0.00108. The molecule has 0 atom stereocenters. The van der Waals surface area contributed by atoms with Gasteiger partial charge in [0.05, 0.1) is 5.39 Å². The summed E-state index contributed by atoms with van der Waals surface area (Å²) in [4.78, 5) is 7.02. The van der Waals surface area contributed by atoms with E-state index in [1.165, 1.54) is 18.2 Å². The molecule has 2 aromatic heterocycles. The van der Waals surface area contributed by atoms with E-state index in [0.29, 0.717) is 0 Å². The van der Waals surface area contributed by atoms with Gasteiger partial charge in [-0.05, 0) is 12.1 Å². The zero-order chi connectivity index (χ0) is 12.9. The van der Waals surface area contributed by atoms with Gasteiger partial charge in [0.15, 0.2) is 16.6 Å². The summed E-state index contributed by atoms with van der Waals surface area (Å²) >= 11 is 5.73. The van der Waals surface area contributed by atoms with Gasteiger partial charge in [0, 0.05) is 0 Å². The highest BCUT2D eigenvalue weighted by Gasteiger charge is 2.20. The van der Waals surface area contributed by atoms with Crippen molar-refractivity contribution in [2.24, 2.45) is 0 Å². The molecule has 7 heteroatoms. The fourth-order valence-corrected chi connectivity index (χ4v) is 1.94. The van der Waals surface area contributed by atoms with Crippen LogP contribution in [0, 0.1) is 5.82 Å². The summed E-state index contributed by atoms with van der Waals surface area (Å²) in [7, 11) is 0. The smallest absolute Gasteiger partial charge is 0.297 e. The van der Waals surface area contributed by atoms with E-state index in [1.54, 1.807) is 0 Å². The summed E-state index contributed by atoms with van der Waals surface area (Å²) in [5.74, 6) is -1.36. The Bertz CT molecular complexity index is 757. The summed E-state index contributed by atoms with van der Waals surface area (Å²) < 4.78 is 44.1. The molecule has 0 amide bonds. The number of hydrogen-bond donors (Lipinski definition) is 0. The topological polar surface area (TPSA) is 38.9 Å². The summed E-state index contributed by atoms with van der Waals surface area (Å²) in [6.07, 6.45) is -2.89. The molecule has 3 rings (SSSR count). The number of furan rings is 1. The fraction of sp³-hybridized carbons (Fsp3) is 0.0909. The summed E-state index contributed by atoms with van der Waals surface area (Å²) in [6, 6.07) is 4.13. The lowest BCUT2D eigenvalue weighted by atomic mass is 10.2. The van der Waals surface area contributed by atoms with Gasteiger partial charge in [-0.3, -0.25) is 0 Å². The number of alkyl halides is 2. The average Bonchev–Trinajstić information content (AvgIpc) is 2.69. The number of aromatic nitrogens is 2. The lowest BCUT2D eigenvalue weighted by Gasteiger charge is -1.98. The summed E-state index contributed by atoms with van der Waals surface area (Å²) in [5.41, 5.74) is 0.146. The first kappa shape index (κ1) is 11.3. The standard InChI is InChI=1S/C11H4ClF3N2O/c12-9-8-7(16-11(17-9)10(14)15)6-4(13)2-1-3-5(6)18-8/h1-3,10H. The van der Waals surface area contributed by atoms with Crippen LogP contribution in [0.3, 0.4) is 0 Å². The molecule has 18 heavy (non-hydrogen) atoms.